The van der Waals surface area contributed by atoms with Gasteiger partial charge < -0.3 is 9.80 Å². The predicted octanol–water partition coefficient (Wildman–Crippen LogP) is 3.80. The van der Waals surface area contributed by atoms with Crippen molar-refractivity contribution in [3.8, 4) is 0 Å². The number of benzene rings is 2. The maximum atomic E-state index is 13.4. The van der Waals surface area contributed by atoms with E-state index in [4.69, 9.17) is 0 Å². The Bertz CT molecular complexity index is 706. The third-order valence-corrected chi connectivity index (χ3v) is 5.56. The molecule has 2 atom stereocenters. The summed E-state index contributed by atoms with van der Waals surface area (Å²) in [5.74, 6) is 0.369. The van der Waals surface area contributed by atoms with E-state index >= 15 is 0 Å². The van der Waals surface area contributed by atoms with Gasteiger partial charge in [-0.25, -0.2) is 0 Å². The Labute approximate surface area is 143 Å². The molecule has 0 fully saturated rings. The van der Waals surface area contributed by atoms with Crippen molar-refractivity contribution in [1.29, 1.82) is 0 Å². The molecule has 0 amide bonds. The number of Topliss-reactive ketones (excluding diaryl/α,β-unsaturated/α-hetero) is 1. The Morgan fingerprint density at radius 2 is 1.25 bits per heavy atom. The van der Waals surface area contributed by atoms with Crippen molar-refractivity contribution < 1.29 is 4.79 Å². The molecule has 24 heavy (non-hydrogen) atoms. The minimum Gasteiger partial charge on any atom is -0.371 e. The van der Waals surface area contributed by atoms with Crippen molar-refractivity contribution in [1.82, 2.24) is 0 Å². The molecule has 0 bridgehead atoms. The van der Waals surface area contributed by atoms with Crippen molar-refractivity contribution in [2.75, 3.05) is 36.0 Å². The smallest absolute Gasteiger partial charge is 0.151 e. The number of rotatable bonds is 4. The number of ketones is 1. The maximum absolute atomic E-state index is 13.4. The minimum absolute atomic E-state index is 0.00369. The van der Waals surface area contributed by atoms with Crippen LogP contribution in [0.15, 0.2) is 48.5 Å². The molecule has 0 saturated carbocycles. The summed E-state index contributed by atoms with van der Waals surface area (Å²) in [6.45, 7) is 7.85. The minimum atomic E-state index is -0.00369. The summed E-state index contributed by atoms with van der Waals surface area (Å²) in [7, 11) is 0. The molecule has 0 radical (unpaired) electrons. The Morgan fingerprint density at radius 3 is 1.67 bits per heavy atom. The fourth-order valence-corrected chi connectivity index (χ4v) is 4.30. The van der Waals surface area contributed by atoms with Gasteiger partial charge in [-0.05, 0) is 37.1 Å². The number of fused-ring (bicyclic) bond motifs is 2. The number of anilines is 2. The Kier molecular flexibility index (Phi) is 3.79. The first kappa shape index (κ1) is 15.3. The molecule has 2 heterocycles. The first-order valence-electron chi connectivity index (χ1n) is 8.96. The van der Waals surface area contributed by atoms with Gasteiger partial charge >= 0.3 is 0 Å². The van der Waals surface area contributed by atoms with Gasteiger partial charge in [-0.3, -0.25) is 4.79 Å². The van der Waals surface area contributed by atoms with E-state index < -0.39 is 0 Å². The number of para-hydroxylation sites is 2. The lowest BCUT2D eigenvalue weighted by Crippen LogP contribution is -2.30. The van der Waals surface area contributed by atoms with E-state index in [9.17, 15) is 4.79 Å². The van der Waals surface area contributed by atoms with Crippen LogP contribution in [0, 0.1) is 0 Å². The molecule has 2 unspecified atom stereocenters. The average molecular weight is 320 g/mol. The molecule has 3 nitrogen and oxygen atoms in total. The lowest BCUT2D eigenvalue weighted by molar-refractivity contribution is -0.121. The van der Waals surface area contributed by atoms with Crippen LogP contribution < -0.4 is 9.80 Å². The van der Waals surface area contributed by atoms with Crippen LogP contribution in [0.5, 0.6) is 0 Å². The normalized spacial score (nSPS) is 21.8. The van der Waals surface area contributed by atoms with Crippen molar-refractivity contribution in [2.24, 2.45) is 0 Å². The summed E-state index contributed by atoms with van der Waals surface area (Å²) in [5, 5.41) is 0. The molecule has 2 aliphatic rings. The first-order valence-corrected chi connectivity index (χ1v) is 8.96. The van der Waals surface area contributed by atoms with Crippen LogP contribution in [0.3, 0.4) is 0 Å². The molecular formula is C21H24N2O. The number of nitrogens with zero attached hydrogens (tertiary/aromatic N) is 2. The molecule has 2 aromatic carbocycles. The van der Waals surface area contributed by atoms with Gasteiger partial charge in [0.25, 0.3) is 0 Å². The number of hydrogen-bond donors (Lipinski definition) is 0. The summed E-state index contributed by atoms with van der Waals surface area (Å²) in [6.07, 6.45) is 0. The second-order valence-electron chi connectivity index (χ2n) is 6.70. The summed E-state index contributed by atoms with van der Waals surface area (Å²) in [4.78, 5) is 18.1. The maximum Gasteiger partial charge on any atom is 0.151 e. The van der Waals surface area contributed by atoms with E-state index in [1.807, 2.05) is 0 Å². The van der Waals surface area contributed by atoms with E-state index in [0.29, 0.717) is 5.78 Å². The Balaban J connectivity index is 1.69. The zero-order valence-electron chi connectivity index (χ0n) is 14.4. The largest absolute Gasteiger partial charge is 0.371 e. The summed E-state index contributed by atoms with van der Waals surface area (Å²) >= 11 is 0. The molecule has 4 rings (SSSR count). The summed E-state index contributed by atoms with van der Waals surface area (Å²) < 4.78 is 0. The third-order valence-electron chi connectivity index (χ3n) is 5.56. The van der Waals surface area contributed by atoms with Gasteiger partial charge in [0, 0.05) is 37.6 Å². The van der Waals surface area contributed by atoms with Gasteiger partial charge in [-0.2, -0.15) is 0 Å². The van der Waals surface area contributed by atoms with Crippen LogP contribution in [-0.4, -0.2) is 32.0 Å². The lowest BCUT2D eigenvalue weighted by Gasteiger charge is -2.19. The topological polar surface area (TPSA) is 23.6 Å². The van der Waals surface area contributed by atoms with Crippen molar-refractivity contribution in [2.45, 2.75) is 25.7 Å². The summed E-state index contributed by atoms with van der Waals surface area (Å²) in [6, 6.07) is 16.8. The van der Waals surface area contributed by atoms with Crippen LogP contribution in [-0.2, 0) is 4.79 Å². The van der Waals surface area contributed by atoms with E-state index in [1.54, 1.807) is 0 Å². The monoisotopic (exact) mass is 320 g/mol. The van der Waals surface area contributed by atoms with E-state index in [-0.39, 0.29) is 11.8 Å². The van der Waals surface area contributed by atoms with Crippen LogP contribution in [0.4, 0.5) is 11.4 Å². The first-order chi connectivity index (χ1) is 11.7. The molecule has 0 saturated heterocycles. The molecule has 0 N–H and O–H groups in total. The number of carbonyl (C=O) groups excluding carboxylic acids is 1. The molecule has 0 aliphatic carbocycles. The highest BCUT2D eigenvalue weighted by atomic mass is 16.1. The predicted molar refractivity (Wildman–Crippen MR) is 99.1 cm³/mol. The van der Waals surface area contributed by atoms with Crippen LogP contribution >= 0.6 is 0 Å². The van der Waals surface area contributed by atoms with Crippen LogP contribution in [0.25, 0.3) is 0 Å². The van der Waals surface area contributed by atoms with Gasteiger partial charge in [0.2, 0.25) is 0 Å². The highest BCUT2D eigenvalue weighted by Crippen LogP contribution is 2.43. The van der Waals surface area contributed by atoms with Gasteiger partial charge in [0.1, 0.15) is 0 Å². The second-order valence-corrected chi connectivity index (χ2v) is 6.70. The van der Waals surface area contributed by atoms with Gasteiger partial charge in [-0.1, -0.05) is 36.4 Å². The van der Waals surface area contributed by atoms with Crippen molar-refractivity contribution >= 4 is 17.2 Å². The zero-order chi connectivity index (χ0) is 16.7. The number of hydrogen-bond acceptors (Lipinski definition) is 3. The van der Waals surface area contributed by atoms with Gasteiger partial charge in [0.15, 0.2) is 5.78 Å². The molecule has 124 valence electrons. The van der Waals surface area contributed by atoms with Crippen molar-refractivity contribution in [3.63, 3.8) is 0 Å². The SMILES string of the molecule is CCN1CC(C(=O)C2CN(CC)c3ccccc32)c2ccccc21. The standard InChI is InChI=1S/C21H24N2O/c1-3-22-13-17(15-9-5-7-11-19(15)22)21(24)18-14-23(4-2)20-12-8-6-10-16(18)20/h5-12,17-18H,3-4,13-14H2,1-2H3. The quantitative estimate of drug-likeness (QED) is 0.856. The van der Waals surface area contributed by atoms with E-state index in [1.165, 1.54) is 22.5 Å². The lowest BCUT2D eigenvalue weighted by atomic mass is 9.86. The second kappa shape index (κ2) is 5.97. The van der Waals surface area contributed by atoms with Crippen molar-refractivity contribution in [3.05, 3.63) is 59.7 Å². The number of carbonyl (C=O) groups is 1. The molecule has 0 aromatic heterocycles. The molecule has 3 heteroatoms. The molecule has 0 spiro atoms. The van der Waals surface area contributed by atoms with E-state index in [2.05, 4.69) is 72.2 Å². The fourth-order valence-electron chi connectivity index (χ4n) is 4.30. The van der Waals surface area contributed by atoms with E-state index in [0.717, 1.165) is 26.2 Å². The summed E-state index contributed by atoms with van der Waals surface area (Å²) in [5.41, 5.74) is 4.88. The molecule has 2 aliphatic heterocycles. The third kappa shape index (κ3) is 2.22. The van der Waals surface area contributed by atoms with Crippen LogP contribution in [0.2, 0.25) is 0 Å². The Hall–Kier alpha value is -2.29. The molecule has 2 aromatic rings. The van der Waals surface area contributed by atoms with Gasteiger partial charge in [-0.15, -0.1) is 0 Å². The average Bonchev–Trinajstić information content (AvgIpc) is 3.20. The molecular weight excluding hydrogens is 296 g/mol. The highest BCUT2D eigenvalue weighted by Gasteiger charge is 2.40. The van der Waals surface area contributed by atoms with Gasteiger partial charge in [0.05, 0.1) is 11.8 Å². The number of likely N-dealkylation sites (N-methyl/N-ethyl adjacent to an activating group) is 2. The van der Waals surface area contributed by atoms with Crippen LogP contribution in [0.1, 0.15) is 36.8 Å². The zero-order valence-corrected chi connectivity index (χ0v) is 14.4. The fraction of sp³-hybridized carbons (Fsp3) is 0.381. The Morgan fingerprint density at radius 1 is 0.833 bits per heavy atom. The highest BCUT2D eigenvalue weighted by molar-refractivity contribution is 5.97.